The van der Waals surface area contributed by atoms with Crippen LogP contribution in [0.25, 0.3) is 0 Å². The van der Waals surface area contributed by atoms with Crippen molar-refractivity contribution >= 4 is 35.1 Å². The number of pyridine rings is 1. The maximum Gasteiger partial charge on any atom is 0.150 e. The Morgan fingerprint density at radius 3 is 2.47 bits per heavy atom. The minimum Gasteiger partial charge on any atom is -0.396 e. The molecule has 0 radical (unpaired) electrons. The van der Waals surface area contributed by atoms with Crippen LogP contribution in [0, 0.1) is 16.0 Å². The van der Waals surface area contributed by atoms with E-state index in [2.05, 4.69) is 15.2 Å². The molecule has 0 bridgehead atoms. The summed E-state index contributed by atoms with van der Waals surface area (Å²) in [6, 6.07) is 11.0. The zero-order chi connectivity index (χ0) is 13.8. The molecule has 5 N–H and O–H groups in total. The second-order valence-electron chi connectivity index (χ2n) is 3.65. The minimum atomic E-state index is 0.128. The van der Waals surface area contributed by atoms with Gasteiger partial charge in [0.05, 0.1) is 11.4 Å². The number of hydrogen-bond donors (Lipinski definition) is 3. The second kappa shape index (κ2) is 5.29. The molecule has 0 atom stereocenters. The third kappa shape index (κ3) is 2.59. The van der Waals surface area contributed by atoms with Gasteiger partial charge in [-0.1, -0.05) is 30.4 Å². The molecule has 6 nitrogen and oxygen atoms in total. The number of aromatic amines is 1. The largest absolute Gasteiger partial charge is 0.396 e. The van der Waals surface area contributed by atoms with Crippen molar-refractivity contribution in [3.63, 3.8) is 0 Å². The van der Waals surface area contributed by atoms with E-state index in [1.165, 1.54) is 0 Å². The lowest BCUT2D eigenvalue weighted by Crippen LogP contribution is -1.99. The topological polar surface area (TPSA) is 116 Å². The van der Waals surface area contributed by atoms with E-state index in [0.29, 0.717) is 5.69 Å². The van der Waals surface area contributed by atoms with Crippen molar-refractivity contribution < 1.29 is 0 Å². The van der Waals surface area contributed by atoms with Gasteiger partial charge in [-0.05, 0) is 12.1 Å². The van der Waals surface area contributed by atoms with E-state index in [1.54, 1.807) is 12.1 Å². The molecule has 1 heterocycles. The van der Waals surface area contributed by atoms with E-state index in [4.69, 9.17) is 28.9 Å². The van der Waals surface area contributed by atoms with Gasteiger partial charge in [-0.2, -0.15) is 10.4 Å². The molecule has 0 saturated heterocycles. The van der Waals surface area contributed by atoms with E-state index in [0.717, 1.165) is 0 Å². The zero-order valence-electron chi connectivity index (χ0n) is 9.79. The third-order valence-corrected chi connectivity index (χ3v) is 2.69. The molecular weight excluding hydrogens is 260 g/mol. The standard InChI is InChI=1S/C12H10N6S/c13-6-8-9(14)10(11(15)16-12(8)19)18-17-7-4-2-1-3-5-7/h1-5H,(H5,14,15,16,19). The first-order valence-corrected chi connectivity index (χ1v) is 5.72. The van der Waals surface area contributed by atoms with Crippen molar-refractivity contribution in [1.82, 2.24) is 4.98 Å². The summed E-state index contributed by atoms with van der Waals surface area (Å²) in [7, 11) is 0. The van der Waals surface area contributed by atoms with Gasteiger partial charge in [0.25, 0.3) is 0 Å². The highest BCUT2D eigenvalue weighted by molar-refractivity contribution is 7.71. The highest BCUT2D eigenvalue weighted by Crippen LogP contribution is 2.32. The van der Waals surface area contributed by atoms with Crippen LogP contribution in [0.3, 0.4) is 0 Å². The van der Waals surface area contributed by atoms with Crippen LogP contribution in [0.15, 0.2) is 40.6 Å². The Bertz CT molecular complexity index is 726. The minimum absolute atomic E-state index is 0.128. The summed E-state index contributed by atoms with van der Waals surface area (Å²) in [4.78, 5) is 2.67. The average molecular weight is 270 g/mol. The summed E-state index contributed by atoms with van der Waals surface area (Å²) in [6.07, 6.45) is 0. The van der Waals surface area contributed by atoms with Crippen LogP contribution in [-0.2, 0) is 0 Å². The fourth-order valence-corrected chi connectivity index (χ4v) is 1.72. The molecule has 19 heavy (non-hydrogen) atoms. The van der Waals surface area contributed by atoms with Crippen LogP contribution in [-0.4, -0.2) is 4.98 Å². The van der Waals surface area contributed by atoms with E-state index in [1.807, 2.05) is 24.3 Å². The number of azo groups is 1. The van der Waals surface area contributed by atoms with E-state index in [-0.39, 0.29) is 27.4 Å². The molecule has 0 aliphatic heterocycles. The Labute approximate surface area is 114 Å². The molecule has 0 amide bonds. The lowest BCUT2D eigenvalue weighted by molar-refractivity contribution is 1.19. The second-order valence-corrected chi connectivity index (χ2v) is 4.06. The molecule has 0 aliphatic carbocycles. The molecule has 2 aromatic rings. The van der Waals surface area contributed by atoms with E-state index in [9.17, 15) is 0 Å². The number of nitrogens with one attached hydrogen (secondary N) is 1. The average Bonchev–Trinajstić information content (AvgIpc) is 2.39. The lowest BCUT2D eigenvalue weighted by atomic mass is 10.2. The predicted molar refractivity (Wildman–Crippen MR) is 75.8 cm³/mol. The van der Waals surface area contributed by atoms with Gasteiger partial charge in [-0.3, -0.25) is 0 Å². The van der Waals surface area contributed by atoms with Crippen molar-refractivity contribution in [1.29, 1.82) is 5.26 Å². The van der Waals surface area contributed by atoms with Gasteiger partial charge in [-0.15, -0.1) is 5.11 Å². The monoisotopic (exact) mass is 270 g/mol. The Morgan fingerprint density at radius 2 is 1.84 bits per heavy atom. The molecule has 1 aromatic carbocycles. The Morgan fingerprint density at radius 1 is 1.16 bits per heavy atom. The normalized spacial score (nSPS) is 10.5. The first-order chi connectivity index (χ1) is 9.13. The first kappa shape index (κ1) is 12.7. The quantitative estimate of drug-likeness (QED) is 0.573. The highest BCUT2D eigenvalue weighted by atomic mass is 32.1. The molecule has 0 unspecified atom stereocenters. The number of nitrogens with zero attached hydrogens (tertiary/aromatic N) is 3. The smallest absolute Gasteiger partial charge is 0.150 e. The number of aromatic nitrogens is 1. The molecule has 0 fully saturated rings. The number of nitrogen functional groups attached to an aromatic ring is 2. The summed E-state index contributed by atoms with van der Waals surface area (Å²) in [5.74, 6) is 0.182. The van der Waals surface area contributed by atoms with E-state index >= 15 is 0 Å². The van der Waals surface area contributed by atoms with Gasteiger partial charge in [0.1, 0.15) is 22.1 Å². The predicted octanol–water partition coefficient (Wildman–Crippen LogP) is 3.20. The summed E-state index contributed by atoms with van der Waals surface area (Å²) >= 11 is 4.95. The fraction of sp³-hybridized carbons (Fsp3) is 0. The molecule has 0 spiro atoms. The van der Waals surface area contributed by atoms with Gasteiger partial charge >= 0.3 is 0 Å². The molecule has 94 valence electrons. The maximum absolute atomic E-state index is 8.97. The van der Waals surface area contributed by atoms with Crippen LogP contribution in [0.4, 0.5) is 22.9 Å². The summed E-state index contributed by atoms with van der Waals surface area (Å²) in [5.41, 5.74) is 12.7. The molecule has 1 aromatic heterocycles. The molecule has 0 aliphatic rings. The van der Waals surface area contributed by atoms with E-state index < -0.39 is 0 Å². The Kier molecular flexibility index (Phi) is 3.54. The number of benzene rings is 1. The Balaban J connectivity index is 2.50. The van der Waals surface area contributed by atoms with Crippen molar-refractivity contribution in [2.45, 2.75) is 0 Å². The van der Waals surface area contributed by atoms with Crippen molar-refractivity contribution in [3.05, 3.63) is 40.5 Å². The zero-order valence-corrected chi connectivity index (χ0v) is 10.6. The lowest BCUT2D eigenvalue weighted by Gasteiger charge is -2.05. The van der Waals surface area contributed by atoms with Gasteiger partial charge in [0, 0.05) is 0 Å². The van der Waals surface area contributed by atoms with Gasteiger partial charge in [0.15, 0.2) is 5.69 Å². The summed E-state index contributed by atoms with van der Waals surface area (Å²) in [5, 5.41) is 16.9. The number of H-pyrrole nitrogens is 1. The summed E-state index contributed by atoms with van der Waals surface area (Å²) < 4.78 is 0.191. The number of anilines is 2. The van der Waals surface area contributed by atoms with Crippen LogP contribution in [0.2, 0.25) is 0 Å². The van der Waals surface area contributed by atoms with Crippen LogP contribution < -0.4 is 11.5 Å². The maximum atomic E-state index is 8.97. The number of rotatable bonds is 2. The molecule has 0 saturated carbocycles. The van der Waals surface area contributed by atoms with Gasteiger partial charge < -0.3 is 16.5 Å². The van der Waals surface area contributed by atoms with Crippen molar-refractivity contribution in [3.8, 4) is 6.07 Å². The fourth-order valence-electron chi connectivity index (χ4n) is 1.45. The number of hydrogen-bond acceptors (Lipinski definition) is 6. The van der Waals surface area contributed by atoms with Crippen LogP contribution >= 0.6 is 12.2 Å². The number of nitriles is 1. The molecule has 2 rings (SSSR count). The van der Waals surface area contributed by atoms with Crippen molar-refractivity contribution in [2.75, 3.05) is 11.5 Å². The third-order valence-electron chi connectivity index (χ3n) is 2.39. The molecule has 7 heteroatoms. The first-order valence-electron chi connectivity index (χ1n) is 5.31. The summed E-state index contributed by atoms with van der Waals surface area (Å²) in [6.45, 7) is 0. The highest BCUT2D eigenvalue weighted by Gasteiger charge is 2.11. The Hall–Kier alpha value is -2.72. The van der Waals surface area contributed by atoms with Crippen LogP contribution in [0.1, 0.15) is 5.56 Å². The molecular formula is C12H10N6S. The van der Waals surface area contributed by atoms with Gasteiger partial charge in [-0.25, -0.2) is 0 Å². The SMILES string of the molecule is N#Cc1c(N)c(N=Nc2ccccc2)c(N)[nH]c1=S. The number of nitrogens with two attached hydrogens (primary N) is 2. The van der Waals surface area contributed by atoms with Gasteiger partial charge in [0.2, 0.25) is 0 Å². The van der Waals surface area contributed by atoms with Crippen LogP contribution in [0.5, 0.6) is 0 Å². The van der Waals surface area contributed by atoms with Crippen molar-refractivity contribution in [2.24, 2.45) is 10.2 Å².